The van der Waals surface area contributed by atoms with Crippen LogP contribution in [0.25, 0.3) is 5.57 Å². The number of hydrogen-bond acceptors (Lipinski definition) is 4. The summed E-state index contributed by atoms with van der Waals surface area (Å²) in [5, 5.41) is 12.1. The maximum absolute atomic E-state index is 10.9. The van der Waals surface area contributed by atoms with Crippen molar-refractivity contribution in [2.45, 2.75) is 59.3 Å². The highest BCUT2D eigenvalue weighted by Crippen LogP contribution is 2.43. The number of allylic oxidation sites excluding steroid dienone is 10. The van der Waals surface area contributed by atoms with Crippen LogP contribution in [0.5, 0.6) is 0 Å². The monoisotopic (exact) mass is 478 g/mol. The molecule has 0 aromatic heterocycles. The summed E-state index contributed by atoms with van der Waals surface area (Å²) < 4.78 is 6.45. The van der Waals surface area contributed by atoms with E-state index < -0.39 is 0 Å². The Morgan fingerprint density at radius 2 is 1.89 bits per heavy atom. The molecule has 4 nitrogen and oxygen atoms in total. The van der Waals surface area contributed by atoms with Crippen LogP contribution in [-0.4, -0.2) is 6.54 Å². The van der Waals surface area contributed by atoms with E-state index in [0.29, 0.717) is 13.0 Å². The van der Waals surface area contributed by atoms with Crippen LogP contribution < -0.4 is 0 Å². The highest BCUT2D eigenvalue weighted by atomic mass is 16.5. The van der Waals surface area contributed by atoms with Gasteiger partial charge >= 0.3 is 0 Å². The summed E-state index contributed by atoms with van der Waals surface area (Å²) in [4.78, 5) is 10.9. The van der Waals surface area contributed by atoms with Crippen molar-refractivity contribution in [1.82, 2.24) is 0 Å². The first-order valence-corrected chi connectivity index (χ1v) is 12.7. The predicted octanol–water partition coefficient (Wildman–Crippen LogP) is 8.43. The van der Waals surface area contributed by atoms with Gasteiger partial charge in [0.2, 0.25) is 0 Å². The minimum Gasteiger partial charge on any atom is -0.456 e. The first kappa shape index (κ1) is 25.4. The van der Waals surface area contributed by atoms with Gasteiger partial charge in [-0.15, -0.1) is 0 Å². The first-order chi connectivity index (χ1) is 17.4. The van der Waals surface area contributed by atoms with Crippen molar-refractivity contribution in [3.63, 3.8) is 0 Å². The lowest BCUT2D eigenvalue weighted by Gasteiger charge is -2.26. The Balaban J connectivity index is 1.56. The largest absolute Gasteiger partial charge is 0.456 e. The molecule has 0 bridgehead atoms. The lowest BCUT2D eigenvalue weighted by Crippen LogP contribution is -2.19. The summed E-state index contributed by atoms with van der Waals surface area (Å²) in [6.45, 7) is 11.2. The molecular formula is C32H34N2O2. The molecule has 1 aliphatic heterocycles. The summed E-state index contributed by atoms with van der Waals surface area (Å²) in [5.41, 5.74) is 8.97. The van der Waals surface area contributed by atoms with Gasteiger partial charge in [0, 0.05) is 11.1 Å². The van der Waals surface area contributed by atoms with Crippen LogP contribution in [0.2, 0.25) is 0 Å². The highest BCUT2D eigenvalue weighted by molar-refractivity contribution is 5.73. The van der Waals surface area contributed by atoms with E-state index in [4.69, 9.17) is 10.00 Å². The average Bonchev–Trinajstić information content (AvgIpc) is 3.18. The lowest BCUT2D eigenvalue weighted by molar-refractivity contribution is 0.295. The molecular weight excluding hydrogens is 444 g/mol. The third kappa shape index (κ3) is 5.41. The fourth-order valence-electron chi connectivity index (χ4n) is 4.89. The molecule has 1 aromatic rings. The van der Waals surface area contributed by atoms with E-state index in [1.807, 2.05) is 12.1 Å². The van der Waals surface area contributed by atoms with Crippen molar-refractivity contribution in [3.05, 3.63) is 117 Å². The number of fused-ring (bicyclic) bond motifs is 2. The van der Waals surface area contributed by atoms with E-state index in [2.05, 4.69) is 81.1 Å². The molecule has 0 N–H and O–H groups in total. The topological polar surface area (TPSA) is 62.4 Å². The maximum atomic E-state index is 10.9. The molecule has 184 valence electrons. The van der Waals surface area contributed by atoms with E-state index in [0.717, 1.165) is 71.5 Å². The molecule has 4 rings (SSSR count). The molecule has 0 spiro atoms. The Labute approximate surface area is 214 Å². The molecule has 0 saturated carbocycles. The molecule has 4 heteroatoms. The first-order valence-electron chi connectivity index (χ1n) is 12.7. The van der Waals surface area contributed by atoms with E-state index >= 15 is 0 Å². The molecule has 1 fully saturated rings. The molecule has 0 amide bonds. The number of nitrogens with zero attached hydrogens (tertiary/aromatic N) is 2. The molecule has 1 unspecified atom stereocenters. The van der Waals surface area contributed by atoms with Gasteiger partial charge < -0.3 is 4.74 Å². The number of ether oxygens (including phenoxy) is 1. The zero-order valence-electron chi connectivity index (χ0n) is 21.6. The number of hydrogen-bond donors (Lipinski definition) is 0. The molecule has 0 radical (unpaired) electrons. The van der Waals surface area contributed by atoms with Gasteiger partial charge in [-0.2, -0.15) is 10.2 Å². The Morgan fingerprint density at radius 1 is 1.11 bits per heavy atom. The maximum Gasteiger partial charge on any atom is 0.135 e. The summed E-state index contributed by atoms with van der Waals surface area (Å²) >= 11 is 0. The van der Waals surface area contributed by atoms with Crippen molar-refractivity contribution >= 4 is 5.57 Å². The highest BCUT2D eigenvalue weighted by Gasteiger charge is 2.28. The minimum absolute atomic E-state index is 0.0582. The van der Waals surface area contributed by atoms with Crippen molar-refractivity contribution in [2.75, 3.05) is 6.54 Å². The fourth-order valence-corrected chi connectivity index (χ4v) is 4.89. The van der Waals surface area contributed by atoms with Crippen LogP contribution in [0.1, 0.15) is 64.0 Å². The number of nitroso groups, excluding NO2 is 1. The summed E-state index contributed by atoms with van der Waals surface area (Å²) in [5.74, 6) is 1.70. The second kappa shape index (κ2) is 10.9. The van der Waals surface area contributed by atoms with Gasteiger partial charge in [-0.05, 0) is 84.4 Å². The zero-order valence-corrected chi connectivity index (χ0v) is 21.6. The zero-order chi connectivity index (χ0) is 25.7. The number of benzene rings is 1. The van der Waals surface area contributed by atoms with Gasteiger partial charge in [-0.3, -0.25) is 0 Å². The average molecular weight is 479 g/mol. The van der Waals surface area contributed by atoms with Gasteiger partial charge in [0.15, 0.2) is 0 Å². The van der Waals surface area contributed by atoms with Crippen molar-refractivity contribution in [1.29, 1.82) is 5.26 Å². The predicted molar refractivity (Wildman–Crippen MR) is 147 cm³/mol. The Kier molecular flexibility index (Phi) is 7.70. The van der Waals surface area contributed by atoms with E-state index in [1.165, 1.54) is 16.7 Å². The molecule has 2 aliphatic carbocycles. The van der Waals surface area contributed by atoms with Crippen molar-refractivity contribution in [2.24, 2.45) is 10.6 Å². The summed E-state index contributed by atoms with van der Waals surface area (Å²) in [6.07, 6.45) is 15.6. The van der Waals surface area contributed by atoms with Crippen molar-refractivity contribution in [3.8, 4) is 6.07 Å². The minimum atomic E-state index is -0.0582. The van der Waals surface area contributed by atoms with Crippen LogP contribution in [-0.2, 0) is 11.2 Å². The summed E-state index contributed by atoms with van der Waals surface area (Å²) in [6, 6.07) is 10.4. The van der Waals surface area contributed by atoms with Gasteiger partial charge in [0.25, 0.3) is 0 Å². The van der Waals surface area contributed by atoms with Gasteiger partial charge in [0.1, 0.15) is 11.5 Å². The van der Waals surface area contributed by atoms with Crippen LogP contribution >= 0.6 is 0 Å². The Bertz CT molecular complexity index is 1290. The molecule has 1 saturated heterocycles. The molecule has 3 aliphatic rings. The number of rotatable bonds is 8. The third-order valence-electron chi connectivity index (χ3n) is 7.76. The van der Waals surface area contributed by atoms with E-state index in [9.17, 15) is 4.91 Å². The standard InChI is InChI=1S/C32H34N2O2/c1-5-32(4,21-34-35)18-16-25-10-13-29-23(3)28-14-11-27(26-8-6-24(7-9-26)17-19-33)12-15-30(28)36-31(29)20-22(25)2/h6-9,11,13-15,20H,3,5,10,12,16-18,21H2,1-2,4H3. The van der Waals surface area contributed by atoms with E-state index in [1.54, 1.807) is 0 Å². The molecule has 1 heterocycles. The molecule has 1 atom stereocenters. The van der Waals surface area contributed by atoms with Crippen LogP contribution in [0.4, 0.5) is 0 Å². The normalized spacial score (nSPS) is 18.9. The Hall–Kier alpha value is -3.71. The van der Waals surface area contributed by atoms with E-state index in [-0.39, 0.29) is 5.41 Å². The molecule has 36 heavy (non-hydrogen) atoms. The second-order valence-electron chi connectivity index (χ2n) is 10.2. The van der Waals surface area contributed by atoms with Crippen molar-refractivity contribution < 1.29 is 4.74 Å². The third-order valence-corrected chi connectivity index (χ3v) is 7.76. The number of nitriles is 1. The second-order valence-corrected chi connectivity index (χ2v) is 10.2. The van der Waals surface area contributed by atoms with Gasteiger partial charge in [-0.1, -0.05) is 73.7 Å². The van der Waals surface area contributed by atoms with Crippen LogP contribution in [0, 0.1) is 21.7 Å². The SMILES string of the molecule is C=C1C2=CC=C(c3ccc(CC#N)cc3)CC=C2OC2=CC(C)=C(CCC(C)(CC)CN=O)CC=C12. The fraction of sp³-hybridized carbons (Fsp3) is 0.344. The smallest absolute Gasteiger partial charge is 0.135 e. The molecule has 1 aromatic carbocycles. The van der Waals surface area contributed by atoms with Gasteiger partial charge in [-0.25, -0.2) is 0 Å². The Morgan fingerprint density at radius 3 is 2.58 bits per heavy atom. The van der Waals surface area contributed by atoms with Gasteiger partial charge in [0.05, 0.1) is 19.0 Å². The quantitative estimate of drug-likeness (QED) is 0.352. The van der Waals surface area contributed by atoms with Crippen LogP contribution in [0.15, 0.2) is 106 Å². The summed E-state index contributed by atoms with van der Waals surface area (Å²) in [7, 11) is 0. The lowest BCUT2D eigenvalue weighted by atomic mass is 9.81. The van der Waals surface area contributed by atoms with Crippen LogP contribution in [0.3, 0.4) is 0 Å².